The number of carbonyl (C=O) groups excluding carboxylic acids is 1. The van der Waals surface area contributed by atoms with Crippen molar-refractivity contribution in [1.82, 2.24) is 9.38 Å². The van der Waals surface area contributed by atoms with Gasteiger partial charge in [0.25, 0.3) is 0 Å². The number of pyridine rings is 1. The maximum absolute atomic E-state index is 12.3. The van der Waals surface area contributed by atoms with Gasteiger partial charge in [0.15, 0.2) is 5.16 Å². The number of hydrogen-bond donors (Lipinski definition) is 1. The summed E-state index contributed by atoms with van der Waals surface area (Å²) in [7, 11) is 3.04. The molecule has 25 heavy (non-hydrogen) atoms. The fourth-order valence-corrected chi connectivity index (χ4v) is 3.31. The summed E-state index contributed by atoms with van der Waals surface area (Å²) in [6.45, 7) is 0. The predicted octanol–water partition coefficient (Wildman–Crippen LogP) is 3.74. The third-order valence-corrected chi connectivity index (χ3v) is 4.75. The highest BCUT2D eigenvalue weighted by Gasteiger charge is 2.13. The van der Waals surface area contributed by atoms with Gasteiger partial charge in [0.1, 0.15) is 11.5 Å². The molecule has 0 bridgehead atoms. The van der Waals surface area contributed by atoms with Crippen LogP contribution in [0.1, 0.15) is 0 Å². The second kappa shape index (κ2) is 7.67. The first-order valence-electron chi connectivity index (χ1n) is 7.38. The van der Waals surface area contributed by atoms with Gasteiger partial charge in [-0.25, -0.2) is 4.98 Å². The smallest absolute Gasteiger partial charge is 0.234 e. The van der Waals surface area contributed by atoms with Crippen molar-refractivity contribution in [3.63, 3.8) is 0 Å². The molecule has 1 N–H and O–H groups in total. The molecule has 3 rings (SSSR count). The average molecular weight is 378 g/mol. The molecule has 1 aromatic carbocycles. The van der Waals surface area contributed by atoms with E-state index in [-0.39, 0.29) is 11.7 Å². The van der Waals surface area contributed by atoms with Crippen LogP contribution in [-0.4, -0.2) is 35.3 Å². The van der Waals surface area contributed by atoms with Crippen molar-refractivity contribution in [2.75, 3.05) is 25.3 Å². The normalized spacial score (nSPS) is 10.7. The zero-order valence-corrected chi connectivity index (χ0v) is 15.2. The number of methoxy groups -OCH3 is 2. The number of imidazole rings is 1. The van der Waals surface area contributed by atoms with Crippen LogP contribution in [0.4, 0.5) is 5.69 Å². The zero-order chi connectivity index (χ0) is 17.8. The van der Waals surface area contributed by atoms with Crippen LogP contribution in [0, 0.1) is 0 Å². The first-order valence-corrected chi connectivity index (χ1v) is 8.75. The summed E-state index contributed by atoms with van der Waals surface area (Å²) in [5.41, 5.74) is 1.47. The van der Waals surface area contributed by atoms with Crippen LogP contribution in [0.25, 0.3) is 5.52 Å². The highest BCUT2D eigenvalue weighted by Crippen LogP contribution is 2.36. The first-order chi connectivity index (χ1) is 12.1. The van der Waals surface area contributed by atoms with E-state index in [1.165, 1.54) is 26.0 Å². The first kappa shape index (κ1) is 17.4. The number of amides is 1. The summed E-state index contributed by atoms with van der Waals surface area (Å²) in [6.07, 6.45) is 3.68. The minimum absolute atomic E-state index is 0.183. The monoisotopic (exact) mass is 377 g/mol. The molecule has 0 saturated heterocycles. The lowest BCUT2D eigenvalue weighted by atomic mass is 10.2. The summed E-state index contributed by atoms with van der Waals surface area (Å²) >= 11 is 7.47. The Kier molecular flexibility index (Phi) is 5.35. The molecule has 3 aromatic rings. The van der Waals surface area contributed by atoms with E-state index in [9.17, 15) is 4.79 Å². The number of carbonyl (C=O) groups is 1. The summed E-state index contributed by atoms with van der Waals surface area (Å²) in [6, 6.07) is 9.06. The van der Waals surface area contributed by atoms with E-state index in [4.69, 9.17) is 21.1 Å². The molecule has 0 aliphatic carbocycles. The zero-order valence-electron chi connectivity index (χ0n) is 13.7. The highest BCUT2D eigenvalue weighted by atomic mass is 35.5. The molecule has 8 heteroatoms. The molecular formula is C17H16ClN3O3S. The number of ether oxygens (including phenoxy) is 2. The van der Waals surface area contributed by atoms with Gasteiger partial charge in [-0.2, -0.15) is 0 Å². The molecule has 130 valence electrons. The molecule has 0 aliphatic rings. The Labute approximate surface area is 154 Å². The summed E-state index contributed by atoms with van der Waals surface area (Å²) in [5.74, 6) is 0.985. The maximum atomic E-state index is 12.3. The van der Waals surface area contributed by atoms with Crippen molar-refractivity contribution >= 4 is 40.5 Å². The van der Waals surface area contributed by atoms with Gasteiger partial charge >= 0.3 is 0 Å². The van der Waals surface area contributed by atoms with Gasteiger partial charge in [0.2, 0.25) is 5.91 Å². The second-order valence-electron chi connectivity index (χ2n) is 5.06. The number of halogens is 1. The van der Waals surface area contributed by atoms with Crippen LogP contribution in [0.5, 0.6) is 11.5 Å². The van der Waals surface area contributed by atoms with Gasteiger partial charge in [-0.15, -0.1) is 0 Å². The van der Waals surface area contributed by atoms with Gasteiger partial charge in [0.05, 0.1) is 42.4 Å². The predicted molar refractivity (Wildman–Crippen MR) is 99.1 cm³/mol. The maximum Gasteiger partial charge on any atom is 0.234 e. The van der Waals surface area contributed by atoms with Gasteiger partial charge in [-0.05, 0) is 18.2 Å². The number of thioether (sulfide) groups is 1. The van der Waals surface area contributed by atoms with Crippen molar-refractivity contribution in [3.8, 4) is 11.5 Å². The number of anilines is 1. The largest absolute Gasteiger partial charge is 0.495 e. The Morgan fingerprint density at radius 2 is 2.08 bits per heavy atom. The summed E-state index contributed by atoms with van der Waals surface area (Å²) < 4.78 is 12.4. The Morgan fingerprint density at radius 3 is 2.84 bits per heavy atom. The van der Waals surface area contributed by atoms with Crippen LogP contribution >= 0.6 is 23.4 Å². The molecule has 0 radical (unpaired) electrons. The van der Waals surface area contributed by atoms with E-state index in [1.54, 1.807) is 18.3 Å². The molecule has 0 spiro atoms. The van der Waals surface area contributed by atoms with Crippen molar-refractivity contribution < 1.29 is 14.3 Å². The lowest BCUT2D eigenvalue weighted by molar-refractivity contribution is -0.113. The highest BCUT2D eigenvalue weighted by molar-refractivity contribution is 7.99. The van der Waals surface area contributed by atoms with Crippen molar-refractivity contribution in [1.29, 1.82) is 0 Å². The summed E-state index contributed by atoms with van der Waals surface area (Å²) in [5, 5.41) is 3.95. The number of rotatable bonds is 6. The third kappa shape index (κ3) is 3.83. The molecule has 2 aromatic heterocycles. The SMILES string of the molecule is COc1cc(OC)c(NC(=O)CSc2ncc3ccccn23)cc1Cl. The van der Waals surface area contributed by atoms with E-state index in [1.807, 2.05) is 28.8 Å². The van der Waals surface area contributed by atoms with Crippen molar-refractivity contribution in [2.45, 2.75) is 5.16 Å². The molecule has 1 amide bonds. The molecule has 0 aliphatic heterocycles. The Morgan fingerprint density at radius 1 is 1.28 bits per heavy atom. The van der Waals surface area contributed by atoms with E-state index < -0.39 is 0 Å². The molecule has 0 fully saturated rings. The van der Waals surface area contributed by atoms with Crippen LogP contribution < -0.4 is 14.8 Å². The van der Waals surface area contributed by atoms with Gasteiger partial charge in [-0.3, -0.25) is 9.20 Å². The van der Waals surface area contributed by atoms with Crippen molar-refractivity contribution in [3.05, 3.63) is 47.7 Å². The van der Waals surface area contributed by atoms with E-state index in [0.29, 0.717) is 22.2 Å². The fraction of sp³-hybridized carbons (Fsp3) is 0.176. The quantitative estimate of drug-likeness (QED) is 0.663. The standard InChI is InChI=1S/C17H16ClN3O3S/c1-23-14-8-15(24-2)13(7-12(14)18)20-16(22)10-25-17-19-9-11-5-3-4-6-21(11)17/h3-9H,10H2,1-2H3,(H,20,22). The number of nitrogens with one attached hydrogen (secondary N) is 1. The fourth-order valence-electron chi connectivity index (χ4n) is 2.30. The van der Waals surface area contributed by atoms with Crippen LogP contribution in [0.2, 0.25) is 5.02 Å². The lowest BCUT2D eigenvalue weighted by Crippen LogP contribution is -2.15. The minimum Gasteiger partial charge on any atom is -0.495 e. The number of benzene rings is 1. The molecule has 0 unspecified atom stereocenters. The van der Waals surface area contributed by atoms with Crippen LogP contribution in [0.15, 0.2) is 47.9 Å². The minimum atomic E-state index is -0.183. The molecule has 0 saturated carbocycles. The van der Waals surface area contributed by atoms with E-state index in [2.05, 4.69) is 10.3 Å². The Hall–Kier alpha value is -2.38. The van der Waals surface area contributed by atoms with Crippen LogP contribution in [0.3, 0.4) is 0 Å². The summed E-state index contributed by atoms with van der Waals surface area (Å²) in [4.78, 5) is 16.6. The lowest BCUT2D eigenvalue weighted by Gasteiger charge is -2.13. The van der Waals surface area contributed by atoms with Gasteiger partial charge < -0.3 is 14.8 Å². The number of aromatic nitrogens is 2. The van der Waals surface area contributed by atoms with E-state index >= 15 is 0 Å². The second-order valence-corrected chi connectivity index (χ2v) is 6.41. The average Bonchev–Trinajstić information content (AvgIpc) is 3.03. The van der Waals surface area contributed by atoms with Crippen LogP contribution in [-0.2, 0) is 4.79 Å². The van der Waals surface area contributed by atoms with Gasteiger partial charge in [0, 0.05) is 12.3 Å². The molecule has 0 atom stereocenters. The molecule has 2 heterocycles. The number of hydrogen-bond acceptors (Lipinski definition) is 5. The van der Waals surface area contributed by atoms with E-state index in [0.717, 1.165) is 10.7 Å². The number of nitrogens with zero attached hydrogens (tertiary/aromatic N) is 2. The Balaban J connectivity index is 1.69. The molecular weight excluding hydrogens is 362 g/mol. The van der Waals surface area contributed by atoms with Crippen molar-refractivity contribution in [2.24, 2.45) is 0 Å². The Bertz CT molecular complexity index is 913. The molecule has 6 nitrogen and oxygen atoms in total. The third-order valence-electron chi connectivity index (χ3n) is 3.49. The topological polar surface area (TPSA) is 64.9 Å². The number of fused-ring (bicyclic) bond motifs is 1. The van der Waals surface area contributed by atoms with Gasteiger partial charge in [-0.1, -0.05) is 29.4 Å².